The maximum Gasteiger partial charge on any atom is 0.290 e. The molecule has 1 rings (SSSR count). The van der Waals surface area contributed by atoms with Gasteiger partial charge in [0.2, 0.25) is 0 Å². The van der Waals surface area contributed by atoms with Crippen LogP contribution in [-0.4, -0.2) is 66.2 Å². The molecule has 1 heterocycles. The summed E-state index contributed by atoms with van der Waals surface area (Å²) in [6, 6.07) is 0. The lowest BCUT2D eigenvalue weighted by Crippen LogP contribution is -2.32. The minimum atomic E-state index is -0.303. The summed E-state index contributed by atoms with van der Waals surface area (Å²) in [7, 11) is 0. The Morgan fingerprint density at radius 3 is 1.10 bits per heavy atom. The minimum Gasteiger partial charge on any atom is -0.483 e. The number of unbranched alkanes of at least 4 members (excludes halogenated alkanes) is 20. The smallest absolute Gasteiger partial charge is 0.290 e. The second kappa shape index (κ2) is 46.9. The van der Waals surface area contributed by atoms with Gasteiger partial charge in [-0.05, 0) is 44.2 Å². The summed E-state index contributed by atoms with van der Waals surface area (Å²) in [5.41, 5.74) is 0. The first-order valence-corrected chi connectivity index (χ1v) is 25.6. The first-order chi connectivity index (χ1) is 28.4. The highest BCUT2D eigenvalue weighted by atomic mass is 16.7. The molecule has 1 aliphatic heterocycles. The van der Waals surface area contributed by atoms with Gasteiger partial charge in [-0.15, -0.1) is 0 Å². The van der Waals surface area contributed by atoms with Crippen molar-refractivity contribution in [3.8, 4) is 0 Å². The lowest BCUT2D eigenvalue weighted by Gasteiger charge is -2.29. The summed E-state index contributed by atoms with van der Waals surface area (Å²) in [6.45, 7) is 17.6. The van der Waals surface area contributed by atoms with Crippen molar-refractivity contribution in [1.82, 2.24) is 4.90 Å². The highest BCUT2D eigenvalue weighted by Crippen LogP contribution is 2.36. The van der Waals surface area contributed by atoms with Gasteiger partial charge in [0.25, 0.3) is 12.9 Å². The van der Waals surface area contributed by atoms with Crippen molar-refractivity contribution < 1.29 is 29.3 Å². The lowest BCUT2D eigenvalue weighted by molar-refractivity contribution is -0.180. The average molecular weight is 826 g/mol. The third-order valence-corrected chi connectivity index (χ3v) is 12.8. The Labute approximate surface area is 362 Å². The van der Waals surface area contributed by atoms with Crippen molar-refractivity contribution in [3.05, 3.63) is 0 Å². The minimum absolute atomic E-state index is 0.250. The van der Waals surface area contributed by atoms with E-state index in [4.69, 9.17) is 29.3 Å². The number of nitrogens with zero attached hydrogens (tertiary/aromatic N) is 1. The summed E-state index contributed by atoms with van der Waals surface area (Å²) in [4.78, 5) is 19.3. The van der Waals surface area contributed by atoms with E-state index in [9.17, 15) is 0 Å². The van der Waals surface area contributed by atoms with Crippen molar-refractivity contribution >= 4 is 12.9 Å². The second-order valence-electron chi connectivity index (χ2n) is 17.7. The van der Waals surface area contributed by atoms with Gasteiger partial charge < -0.3 is 24.6 Å². The maximum absolute atomic E-state index is 8.36. The molecule has 0 aromatic carbocycles. The van der Waals surface area contributed by atoms with E-state index < -0.39 is 0 Å². The Bertz CT molecular complexity index is 740. The van der Waals surface area contributed by atoms with Gasteiger partial charge in [-0.2, -0.15) is 0 Å². The van der Waals surface area contributed by atoms with Crippen LogP contribution in [0.4, 0.5) is 0 Å². The Kier molecular flexibility index (Phi) is 47.6. The molecule has 0 aromatic heterocycles. The molecule has 0 aliphatic carbocycles. The van der Waals surface area contributed by atoms with E-state index in [1.807, 2.05) is 0 Å². The summed E-state index contributed by atoms with van der Waals surface area (Å²) in [5.74, 6) is 1.70. The molecule has 1 unspecified atom stereocenters. The molecule has 0 radical (unpaired) electrons. The monoisotopic (exact) mass is 826 g/mol. The topological polar surface area (TPSA) is 96.3 Å². The van der Waals surface area contributed by atoms with Crippen LogP contribution in [0.1, 0.15) is 266 Å². The Morgan fingerprint density at radius 1 is 0.500 bits per heavy atom. The highest BCUT2D eigenvalue weighted by molar-refractivity contribution is 5.33. The number of carbonyl (C=O) groups is 2. The number of ether oxygens (including phenoxy) is 2. The van der Waals surface area contributed by atoms with Gasteiger partial charge in [0.15, 0.2) is 5.79 Å². The quantitative estimate of drug-likeness (QED) is 0.0468. The van der Waals surface area contributed by atoms with Gasteiger partial charge in [0.1, 0.15) is 0 Å². The van der Waals surface area contributed by atoms with Crippen LogP contribution in [0.25, 0.3) is 0 Å². The SMILES string of the molecule is CCCCCC(CCCCC)CCCCCCCCCC1(CCCCCCCCCC(CCCCC)CCCCC)OCC(CCN(CC)CC)O1.O=CO.O=CO. The van der Waals surface area contributed by atoms with E-state index in [0.717, 1.165) is 57.3 Å². The zero-order chi connectivity index (χ0) is 43.2. The fourth-order valence-corrected chi connectivity index (χ4v) is 9.03. The number of rotatable bonds is 41. The third-order valence-electron chi connectivity index (χ3n) is 12.8. The molecule has 0 saturated carbocycles. The molecule has 1 fully saturated rings. The Morgan fingerprint density at radius 2 is 0.793 bits per heavy atom. The van der Waals surface area contributed by atoms with Crippen LogP contribution in [0, 0.1) is 11.8 Å². The van der Waals surface area contributed by atoms with Crippen molar-refractivity contribution in [3.63, 3.8) is 0 Å². The van der Waals surface area contributed by atoms with Crippen LogP contribution < -0.4 is 0 Å². The zero-order valence-electron chi connectivity index (χ0n) is 39.9. The van der Waals surface area contributed by atoms with Crippen molar-refractivity contribution in [2.45, 2.75) is 278 Å². The predicted octanol–water partition coefficient (Wildman–Crippen LogP) is 15.8. The van der Waals surface area contributed by atoms with Gasteiger partial charge in [0.05, 0.1) is 12.7 Å². The van der Waals surface area contributed by atoms with Crippen LogP contribution in [0.3, 0.4) is 0 Å². The molecule has 348 valence electrons. The van der Waals surface area contributed by atoms with Gasteiger partial charge >= 0.3 is 0 Å². The largest absolute Gasteiger partial charge is 0.483 e. The third kappa shape index (κ3) is 37.8. The number of hydrogen-bond donors (Lipinski definition) is 2. The molecule has 0 spiro atoms. The summed E-state index contributed by atoms with van der Waals surface area (Å²) < 4.78 is 13.5. The average Bonchev–Trinajstić information content (AvgIpc) is 3.63. The first kappa shape index (κ1) is 58.9. The lowest BCUT2D eigenvalue weighted by atomic mass is 9.90. The van der Waals surface area contributed by atoms with E-state index in [1.54, 1.807) is 0 Å². The van der Waals surface area contributed by atoms with E-state index in [0.29, 0.717) is 0 Å². The van der Waals surface area contributed by atoms with Crippen LogP contribution in [0.5, 0.6) is 0 Å². The van der Waals surface area contributed by atoms with E-state index in [-0.39, 0.29) is 24.8 Å². The maximum atomic E-state index is 8.36. The fourth-order valence-electron chi connectivity index (χ4n) is 9.03. The fraction of sp³-hybridized carbons (Fsp3) is 0.961. The van der Waals surface area contributed by atoms with Crippen molar-refractivity contribution in [2.24, 2.45) is 11.8 Å². The molecule has 58 heavy (non-hydrogen) atoms. The highest BCUT2D eigenvalue weighted by Gasteiger charge is 2.40. The van der Waals surface area contributed by atoms with Crippen LogP contribution in [-0.2, 0) is 19.1 Å². The molecule has 0 aromatic rings. The standard InChI is InChI=1S/C49H99NO2.2CH2O2/c1-7-13-27-35-46(36-28-14-8-2)39-31-23-19-17-21-25-33-42-49(51-45-48(52-49)41-44-50(11-5)12-6)43-34-26-22-18-20-24-32-40-47(37-29-15-9-3)38-30-16-10-4;2*2-1-3/h46-48H,7-45H2,1-6H3;2*1H,(H,2,3). The Hall–Kier alpha value is -1.18. The zero-order valence-corrected chi connectivity index (χ0v) is 39.9. The van der Waals surface area contributed by atoms with E-state index in [2.05, 4.69) is 46.4 Å². The van der Waals surface area contributed by atoms with Crippen LogP contribution in [0.15, 0.2) is 0 Å². The van der Waals surface area contributed by atoms with Gasteiger partial charge in [-0.25, -0.2) is 0 Å². The second-order valence-corrected chi connectivity index (χ2v) is 17.7. The molecule has 7 nitrogen and oxygen atoms in total. The number of carboxylic acid groups (broad SMARTS) is 2. The summed E-state index contributed by atoms with van der Waals surface area (Å²) in [5, 5.41) is 13.8. The summed E-state index contributed by atoms with van der Waals surface area (Å²) in [6.07, 6.45) is 48.9. The van der Waals surface area contributed by atoms with Crippen molar-refractivity contribution in [2.75, 3.05) is 26.2 Å². The Balaban J connectivity index is 0. The number of hydrogen-bond acceptors (Lipinski definition) is 5. The molecule has 1 saturated heterocycles. The molecule has 1 atom stereocenters. The molecular weight excluding hydrogens is 723 g/mol. The molecule has 7 heteroatoms. The molecule has 1 aliphatic rings. The normalized spacial score (nSPS) is 14.7. The van der Waals surface area contributed by atoms with Crippen LogP contribution >= 0.6 is 0 Å². The van der Waals surface area contributed by atoms with Gasteiger partial charge in [0, 0.05) is 19.4 Å². The van der Waals surface area contributed by atoms with Crippen molar-refractivity contribution in [1.29, 1.82) is 0 Å². The molecule has 0 amide bonds. The van der Waals surface area contributed by atoms with E-state index >= 15 is 0 Å². The predicted molar refractivity (Wildman–Crippen MR) is 250 cm³/mol. The summed E-state index contributed by atoms with van der Waals surface area (Å²) >= 11 is 0. The first-order valence-electron chi connectivity index (χ1n) is 25.6. The van der Waals surface area contributed by atoms with Crippen LogP contribution in [0.2, 0.25) is 0 Å². The van der Waals surface area contributed by atoms with Gasteiger partial charge in [-0.1, -0.05) is 234 Å². The molecule has 2 N–H and O–H groups in total. The van der Waals surface area contributed by atoms with Gasteiger partial charge in [-0.3, -0.25) is 9.59 Å². The van der Waals surface area contributed by atoms with E-state index in [1.165, 1.54) is 205 Å². The molecule has 0 bridgehead atoms. The molecular formula is C51H103NO6.